The number of methoxy groups -OCH3 is 1. The lowest BCUT2D eigenvalue weighted by molar-refractivity contribution is -0.139. The average Bonchev–Trinajstić information content (AvgIpc) is 2.29. The number of piperazine rings is 1. The molecule has 0 aromatic carbocycles. The lowest BCUT2D eigenvalue weighted by Gasteiger charge is -2.46. The second-order valence-electron chi connectivity index (χ2n) is 4.83. The summed E-state index contributed by atoms with van der Waals surface area (Å²) in [5.74, 6) is 0.286. The second kappa shape index (κ2) is 6.33. The van der Waals surface area contributed by atoms with Crippen LogP contribution in [0.25, 0.3) is 0 Å². The van der Waals surface area contributed by atoms with Crippen LogP contribution in [0.2, 0.25) is 0 Å². The van der Waals surface area contributed by atoms with Gasteiger partial charge in [-0.1, -0.05) is 0 Å². The van der Waals surface area contributed by atoms with E-state index in [1.807, 2.05) is 4.90 Å². The molecular formula is C12H23N3O2. The van der Waals surface area contributed by atoms with Crippen molar-refractivity contribution >= 4 is 5.91 Å². The molecule has 2 rings (SSSR count). The van der Waals surface area contributed by atoms with E-state index in [9.17, 15) is 4.79 Å². The molecule has 17 heavy (non-hydrogen) atoms. The van der Waals surface area contributed by atoms with E-state index in [0.29, 0.717) is 19.1 Å². The fraction of sp³-hybridized carbons (Fsp3) is 0.917. The van der Waals surface area contributed by atoms with Crippen LogP contribution in [-0.2, 0) is 9.53 Å². The van der Waals surface area contributed by atoms with Gasteiger partial charge in [-0.05, 0) is 6.42 Å². The summed E-state index contributed by atoms with van der Waals surface area (Å²) in [5.41, 5.74) is 0. The Labute approximate surface area is 103 Å². The van der Waals surface area contributed by atoms with Gasteiger partial charge in [0, 0.05) is 65.4 Å². The minimum Gasteiger partial charge on any atom is -0.385 e. The lowest BCUT2D eigenvalue weighted by atomic mass is 10.1. The summed E-state index contributed by atoms with van der Waals surface area (Å²) in [5, 5.41) is 3.35. The molecule has 0 spiro atoms. The van der Waals surface area contributed by atoms with E-state index < -0.39 is 0 Å². The number of ether oxygens (including phenoxy) is 1. The Bertz CT molecular complexity index is 248. The van der Waals surface area contributed by atoms with Gasteiger partial charge in [0.2, 0.25) is 5.91 Å². The molecule has 0 bridgehead atoms. The molecule has 0 aromatic heterocycles. The molecule has 0 unspecified atom stereocenters. The van der Waals surface area contributed by atoms with Crippen LogP contribution >= 0.6 is 0 Å². The van der Waals surface area contributed by atoms with Crippen LogP contribution < -0.4 is 5.32 Å². The van der Waals surface area contributed by atoms with Gasteiger partial charge in [-0.25, -0.2) is 0 Å². The van der Waals surface area contributed by atoms with Crippen molar-refractivity contribution < 1.29 is 9.53 Å². The third kappa shape index (κ3) is 3.40. The number of rotatable bonds is 5. The molecule has 0 aliphatic carbocycles. The van der Waals surface area contributed by atoms with Gasteiger partial charge in [0.25, 0.3) is 0 Å². The van der Waals surface area contributed by atoms with Crippen LogP contribution in [0, 0.1) is 0 Å². The minimum absolute atomic E-state index is 0.286. The topological polar surface area (TPSA) is 44.8 Å². The Morgan fingerprint density at radius 3 is 2.71 bits per heavy atom. The lowest BCUT2D eigenvalue weighted by Crippen LogP contribution is -2.63. The molecule has 2 heterocycles. The summed E-state index contributed by atoms with van der Waals surface area (Å²) in [6.07, 6.45) is 1.46. The Balaban J connectivity index is 1.62. The second-order valence-corrected chi connectivity index (χ2v) is 4.83. The normalized spacial score (nSPS) is 22.5. The molecule has 1 N–H and O–H groups in total. The minimum atomic E-state index is 0.286. The highest BCUT2D eigenvalue weighted by Crippen LogP contribution is 2.16. The van der Waals surface area contributed by atoms with Crippen LogP contribution in [0.15, 0.2) is 0 Å². The van der Waals surface area contributed by atoms with E-state index in [2.05, 4.69) is 10.2 Å². The average molecular weight is 241 g/mol. The maximum Gasteiger partial charge on any atom is 0.222 e. The van der Waals surface area contributed by atoms with Gasteiger partial charge in [-0.2, -0.15) is 0 Å². The van der Waals surface area contributed by atoms with E-state index in [1.54, 1.807) is 7.11 Å². The van der Waals surface area contributed by atoms with Gasteiger partial charge >= 0.3 is 0 Å². The Hall–Kier alpha value is -0.650. The molecular weight excluding hydrogens is 218 g/mol. The molecule has 1 amide bonds. The smallest absolute Gasteiger partial charge is 0.222 e. The fourth-order valence-electron chi connectivity index (χ4n) is 2.46. The summed E-state index contributed by atoms with van der Waals surface area (Å²) in [6, 6.07) is 0.600. The molecule has 0 radical (unpaired) electrons. The van der Waals surface area contributed by atoms with Crippen molar-refractivity contribution in [3.8, 4) is 0 Å². The number of nitrogens with zero attached hydrogens (tertiary/aromatic N) is 2. The number of carbonyl (C=O) groups excluding carboxylic acids is 1. The van der Waals surface area contributed by atoms with E-state index in [-0.39, 0.29) is 5.91 Å². The molecule has 2 aliphatic rings. The quantitative estimate of drug-likeness (QED) is 0.661. The third-order valence-corrected chi connectivity index (χ3v) is 3.62. The first-order valence-corrected chi connectivity index (χ1v) is 6.52. The van der Waals surface area contributed by atoms with Crippen molar-refractivity contribution in [2.45, 2.75) is 18.9 Å². The van der Waals surface area contributed by atoms with Gasteiger partial charge in [-0.3, -0.25) is 9.69 Å². The molecule has 2 saturated heterocycles. The highest BCUT2D eigenvalue weighted by Gasteiger charge is 2.34. The Morgan fingerprint density at radius 2 is 2.06 bits per heavy atom. The molecule has 2 fully saturated rings. The van der Waals surface area contributed by atoms with Crippen LogP contribution in [0.3, 0.4) is 0 Å². The molecule has 0 saturated carbocycles. The molecule has 0 aromatic rings. The summed E-state index contributed by atoms with van der Waals surface area (Å²) < 4.78 is 4.95. The number of amides is 1. The van der Waals surface area contributed by atoms with Crippen molar-refractivity contribution in [2.24, 2.45) is 0 Å². The van der Waals surface area contributed by atoms with Gasteiger partial charge in [0.05, 0.1) is 0 Å². The predicted octanol–water partition coefficient (Wildman–Crippen LogP) is -0.471. The summed E-state index contributed by atoms with van der Waals surface area (Å²) in [7, 11) is 1.68. The highest BCUT2D eigenvalue weighted by molar-refractivity contribution is 5.77. The maximum absolute atomic E-state index is 11.8. The summed E-state index contributed by atoms with van der Waals surface area (Å²) >= 11 is 0. The van der Waals surface area contributed by atoms with Crippen molar-refractivity contribution in [3.05, 3.63) is 0 Å². The van der Waals surface area contributed by atoms with Gasteiger partial charge < -0.3 is 15.0 Å². The molecule has 2 aliphatic heterocycles. The van der Waals surface area contributed by atoms with Gasteiger partial charge in [0.15, 0.2) is 0 Å². The van der Waals surface area contributed by atoms with Gasteiger partial charge in [-0.15, -0.1) is 0 Å². The predicted molar refractivity (Wildman–Crippen MR) is 65.9 cm³/mol. The summed E-state index contributed by atoms with van der Waals surface area (Å²) in [4.78, 5) is 16.2. The Morgan fingerprint density at radius 1 is 1.35 bits per heavy atom. The third-order valence-electron chi connectivity index (χ3n) is 3.62. The van der Waals surface area contributed by atoms with Crippen LogP contribution in [0.1, 0.15) is 12.8 Å². The first-order chi connectivity index (χ1) is 8.31. The van der Waals surface area contributed by atoms with E-state index in [4.69, 9.17) is 4.74 Å². The number of carbonyl (C=O) groups is 1. The molecule has 5 nitrogen and oxygen atoms in total. The Kier molecular flexibility index (Phi) is 4.76. The van der Waals surface area contributed by atoms with Gasteiger partial charge in [0.1, 0.15) is 0 Å². The highest BCUT2D eigenvalue weighted by atomic mass is 16.5. The first kappa shape index (κ1) is 12.8. The van der Waals surface area contributed by atoms with Crippen LogP contribution in [0.5, 0.6) is 0 Å². The summed E-state index contributed by atoms with van der Waals surface area (Å²) in [6.45, 7) is 6.93. The van der Waals surface area contributed by atoms with Crippen LogP contribution in [-0.4, -0.2) is 74.7 Å². The number of likely N-dealkylation sites (tertiary alicyclic amines) is 1. The zero-order chi connectivity index (χ0) is 12.1. The van der Waals surface area contributed by atoms with E-state index in [0.717, 1.165) is 45.7 Å². The fourth-order valence-corrected chi connectivity index (χ4v) is 2.46. The van der Waals surface area contributed by atoms with Crippen molar-refractivity contribution in [1.82, 2.24) is 15.1 Å². The number of hydrogen-bond donors (Lipinski definition) is 1. The van der Waals surface area contributed by atoms with E-state index >= 15 is 0 Å². The monoisotopic (exact) mass is 241 g/mol. The molecule has 0 atom stereocenters. The van der Waals surface area contributed by atoms with E-state index in [1.165, 1.54) is 0 Å². The van der Waals surface area contributed by atoms with Crippen LogP contribution in [0.4, 0.5) is 0 Å². The zero-order valence-corrected chi connectivity index (χ0v) is 10.7. The zero-order valence-electron chi connectivity index (χ0n) is 10.7. The van der Waals surface area contributed by atoms with Crippen molar-refractivity contribution in [1.29, 1.82) is 0 Å². The number of nitrogens with one attached hydrogen (secondary N) is 1. The number of hydrogen-bond acceptors (Lipinski definition) is 4. The maximum atomic E-state index is 11.8. The molecule has 5 heteroatoms. The standard InChI is InChI=1S/C12H23N3O2/c1-17-8-2-3-12(16)15-9-11(10-15)14-6-4-13-5-7-14/h11,13H,2-10H2,1H3. The van der Waals surface area contributed by atoms with Crippen molar-refractivity contribution in [2.75, 3.05) is 53.0 Å². The molecule has 98 valence electrons. The SMILES string of the molecule is COCCCC(=O)N1CC(N2CCNCC2)C1. The first-order valence-electron chi connectivity index (χ1n) is 6.52. The van der Waals surface area contributed by atoms with Crippen molar-refractivity contribution in [3.63, 3.8) is 0 Å². The largest absolute Gasteiger partial charge is 0.385 e.